The fourth-order valence-corrected chi connectivity index (χ4v) is 3.91. The average molecular weight is 448 g/mol. The third kappa shape index (κ3) is 6.70. The minimum absolute atomic E-state index is 0.102. The maximum Gasteiger partial charge on any atom is 0.317 e. The van der Waals surface area contributed by atoms with Gasteiger partial charge in [0.15, 0.2) is 5.76 Å². The van der Waals surface area contributed by atoms with Crippen LogP contribution in [-0.2, 0) is 17.8 Å². The molecule has 0 atom stereocenters. The van der Waals surface area contributed by atoms with Crippen molar-refractivity contribution < 1.29 is 18.7 Å². The summed E-state index contributed by atoms with van der Waals surface area (Å²) >= 11 is 0. The standard InChI is InChI=1S/C26H29N3O4/c30-25(24-10-5-13-33-24)28-23-9-4-8-22(16-23)17-27-26(31)29(18-20-6-2-1-3-7-20)19-21-11-14-32-15-12-21/h1-10,13,16,21H,11-12,14-15,17-19H2,(H,27,31)(H,28,30). The first-order valence-electron chi connectivity index (χ1n) is 11.3. The van der Waals surface area contributed by atoms with Crippen LogP contribution in [0.15, 0.2) is 77.4 Å². The largest absolute Gasteiger partial charge is 0.459 e. The van der Waals surface area contributed by atoms with E-state index in [2.05, 4.69) is 10.6 Å². The zero-order valence-electron chi connectivity index (χ0n) is 18.5. The maximum atomic E-state index is 13.1. The number of furan rings is 1. The van der Waals surface area contributed by atoms with Crippen LogP contribution in [0.4, 0.5) is 10.5 Å². The molecule has 7 nitrogen and oxygen atoms in total. The van der Waals surface area contributed by atoms with Crippen LogP contribution < -0.4 is 10.6 Å². The first-order chi connectivity index (χ1) is 16.2. The fraction of sp³-hybridized carbons (Fsp3) is 0.308. The highest BCUT2D eigenvalue weighted by Gasteiger charge is 2.21. The summed E-state index contributed by atoms with van der Waals surface area (Å²) in [7, 11) is 0. The maximum absolute atomic E-state index is 13.1. The molecule has 2 N–H and O–H groups in total. The Morgan fingerprint density at radius 3 is 2.48 bits per heavy atom. The normalized spacial score (nSPS) is 13.9. The molecule has 1 aromatic heterocycles. The Bertz CT molecular complexity index is 1030. The van der Waals surface area contributed by atoms with E-state index in [1.807, 2.05) is 53.4 Å². The molecule has 0 bridgehead atoms. The van der Waals surface area contributed by atoms with Crippen molar-refractivity contribution in [3.8, 4) is 0 Å². The van der Waals surface area contributed by atoms with Crippen molar-refractivity contribution in [3.63, 3.8) is 0 Å². The Hall–Kier alpha value is -3.58. The van der Waals surface area contributed by atoms with E-state index in [0.717, 1.165) is 37.2 Å². The number of ether oxygens (including phenoxy) is 1. The summed E-state index contributed by atoms with van der Waals surface area (Å²) < 4.78 is 10.6. The molecule has 0 saturated carbocycles. The third-order valence-electron chi connectivity index (χ3n) is 5.70. The third-order valence-corrected chi connectivity index (χ3v) is 5.70. The van der Waals surface area contributed by atoms with Gasteiger partial charge in [0.05, 0.1) is 6.26 Å². The SMILES string of the molecule is O=C(Nc1cccc(CNC(=O)N(Cc2ccccc2)CC2CCOCC2)c1)c1ccco1. The highest BCUT2D eigenvalue weighted by Crippen LogP contribution is 2.18. The quantitative estimate of drug-likeness (QED) is 0.526. The van der Waals surface area contributed by atoms with Crippen LogP contribution in [0, 0.1) is 5.92 Å². The molecule has 1 fully saturated rings. The van der Waals surface area contributed by atoms with E-state index in [4.69, 9.17) is 9.15 Å². The molecular formula is C26H29N3O4. The molecule has 33 heavy (non-hydrogen) atoms. The van der Waals surface area contributed by atoms with Crippen molar-refractivity contribution in [2.75, 3.05) is 25.1 Å². The van der Waals surface area contributed by atoms with E-state index in [1.165, 1.54) is 6.26 Å². The summed E-state index contributed by atoms with van der Waals surface area (Å²) in [5.74, 6) is 0.374. The Balaban J connectivity index is 1.37. The molecule has 4 rings (SSSR count). The minimum atomic E-state index is -0.313. The van der Waals surface area contributed by atoms with Gasteiger partial charge in [0.25, 0.3) is 5.91 Å². The number of nitrogens with one attached hydrogen (secondary N) is 2. The van der Waals surface area contributed by atoms with E-state index < -0.39 is 0 Å². The summed E-state index contributed by atoms with van der Waals surface area (Å²) in [4.78, 5) is 27.2. The Labute approximate surface area is 193 Å². The lowest BCUT2D eigenvalue weighted by Gasteiger charge is -2.30. The van der Waals surface area contributed by atoms with E-state index in [-0.39, 0.29) is 17.7 Å². The molecule has 3 aromatic rings. The van der Waals surface area contributed by atoms with Gasteiger partial charge in [-0.3, -0.25) is 4.79 Å². The van der Waals surface area contributed by atoms with Crippen LogP contribution in [0.25, 0.3) is 0 Å². The summed E-state index contributed by atoms with van der Waals surface area (Å²) in [6, 6.07) is 20.6. The zero-order valence-corrected chi connectivity index (χ0v) is 18.5. The van der Waals surface area contributed by atoms with Crippen LogP contribution in [0.3, 0.4) is 0 Å². The lowest BCUT2D eigenvalue weighted by atomic mass is 9.99. The molecule has 0 unspecified atom stereocenters. The average Bonchev–Trinajstić information content (AvgIpc) is 3.39. The molecular weight excluding hydrogens is 418 g/mol. The number of rotatable bonds is 8. The van der Waals surface area contributed by atoms with E-state index >= 15 is 0 Å². The molecule has 2 aromatic carbocycles. The molecule has 1 saturated heterocycles. The van der Waals surface area contributed by atoms with Gasteiger partial charge in [0, 0.05) is 38.5 Å². The number of urea groups is 1. The van der Waals surface area contributed by atoms with Crippen molar-refractivity contribution >= 4 is 17.6 Å². The van der Waals surface area contributed by atoms with Gasteiger partial charge < -0.3 is 24.7 Å². The van der Waals surface area contributed by atoms with E-state index in [0.29, 0.717) is 31.2 Å². The number of anilines is 1. The minimum Gasteiger partial charge on any atom is -0.459 e. The smallest absolute Gasteiger partial charge is 0.317 e. The lowest BCUT2D eigenvalue weighted by Crippen LogP contribution is -2.42. The van der Waals surface area contributed by atoms with Crippen molar-refractivity contribution in [2.45, 2.75) is 25.9 Å². The molecule has 0 radical (unpaired) electrons. The van der Waals surface area contributed by atoms with E-state index in [1.54, 1.807) is 18.2 Å². The Morgan fingerprint density at radius 2 is 1.73 bits per heavy atom. The monoisotopic (exact) mass is 447 g/mol. The lowest BCUT2D eigenvalue weighted by molar-refractivity contribution is 0.0555. The molecule has 7 heteroatoms. The first kappa shape index (κ1) is 22.6. The number of nitrogens with zero attached hydrogens (tertiary/aromatic N) is 1. The molecule has 1 aliphatic heterocycles. The van der Waals surface area contributed by atoms with Gasteiger partial charge in [-0.05, 0) is 54.2 Å². The predicted molar refractivity (Wildman–Crippen MR) is 126 cm³/mol. The van der Waals surface area contributed by atoms with Gasteiger partial charge in [0.2, 0.25) is 0 Å². The number of hydrogen-bond acceptors (Lipinski definition) is 4. The molecule has 0 spiro atoms. The van der Waals surface area contributed by atoms with Gasteiger partial charge >= 0.3 is 6.03 Å². The number of carbonyl (C=O) groups is 2. The van der Waals surface area contributed by atoms with Crippen LogP contribution in [0.5, 0.6) is 0 Å². The fourth-order valence-electron chi connectivity index (χ4n) is 3.91. The molecule has 1 aliphatic rings. The number of amides is 3. The van der Waals surface area contributed by atoms with Gasteiger partial charge in [-0.25, -0.2) is 4.79 Å². The molecule has 2 heterocycles. The highest BCUT2D eigenvalue weighted by molar-refractivity contribution is 6.02. The van der Waals surface area contributed by atoms with Crippen molar-refractivity contribution in [1.29, 1.82) is 0 Å². The predicted octanol–water partition coefficient (Wildman–Crippen LogP) is 4.67. The second-order valence-electron chi connectivity index (χ2n) is 8.21. The topological polar surface area (TPSA) is 83.8 Å². The van der Waals surface area contributed by atoms with Crippen LogP contribution in [0.2, 0.25) is 0 Å². The van der Waals surface area contributed by atoms with Crippen molar-refractivity contribution in [1.82, 2.24) is 10.2 Å². The number of hydrogen-bond donors (Lipinski definition) is 2. The number of carbonyl (C=O) groups excluding carboxylic acids is 2. The van der Waals surface area contributed by atoms with Gasteiger partial charge in [0.1, 0.15) is 0 Å². The van der Waals surface area contributed by atoms with Gasteiger partial charge in [-0.1, -0.05) is 42.5 Å². The zero-order chi connectivity index (χ0) is 22.9. The van der Waals surface area contributed by atoms with Gasteiger partial charge in [-0.2, -0.15) is 0 Å². The van der Waals surface area contributed by atoms with Crippen molar-refractivity contribution in [2.24, 2.45) is 5.92 Å². The number of benzene rings is 2. The summed E-state index contributed by atoms with van der Waals surface area (Å²) in [5, 5.41) is 5.86. The second-order valence-corrected chi connectivity index (χ2v) is 8.21. The van der Waals surface area contributed by atoms with Crippen LogP contribution in [0.1, 0.15) is 34.5 Å². The molecule has 3 amide bonds. The summed E-state index contributed by atoms with van der Waals surface area (Å²) in [6.07, 6.45) is 3.40. The second kappa shape index (κ2) is 11.3. The molecule has 172 valence electrons. The van der Waals surface area contributed by atoms with E-state index in [9.17, 15) is 9.59 Å². The highest BCUT2D eigenvalue weighted by atomic mass is 16.5. The first-order valence-corrected chi connectivity index (χ1v) is 11.3. The summed E-state index contributed by atoms with van der Waals surface area (Å²) in [5.41, 5.74) is 2.64. The molecule has 0 aliphatic carbocycles. The van der Waals surface area contributed by atoms with Crippen LogP contribution in [-0.4, -0.2) is 36.6 Å². The summed E-state index contributed by atoms with van der Waals surface area (Å²) in [6.45, 7) is 3.12. The van der Waals surface area contributed by atoms with Crippen molar-refractivity contribution in [3.05, 3.63) is 89.9 Å². The Morgan fingerprint density at radius 1 is 0.939 bits per heavy atom. The van der Waals surface area contributed by atoms with Gasteiger partial charge in [-0.15, -0.1) is 0 Å². The van der Waals surface area contributed by atoms with Crippen LogP contribution >= 0.6 is 0 Å². The Kier molecular flexibility index (Phi) is 7.76.